The Balaban J connectivity index is 1.72. The first-order valence-electron chi connectivity index (χ1n) is 11.3. The summed E-state index contributed by atoms with van der Waals surface area (Å²) in [6, 6.07) is 16.4. The summed E-state index contributed by atoms with van der Waals surface area (Å²) >= 11 is 0. The number of ketones is 1. The zero-order valence-corrected chi connectivity index (χ0v) is 18.7. The lowest BCUT2D eigenvalue weighted by Gasteiger charge is -2.39. The van der Waals surface area contributed by atoms with Crippen LogP contribution in [0.4, 0.5) is 0 Å². The van der Waals surface area contributed by atoms with Gasteiger partial charge in [-0.1, -0.05) is 54.6 Å². The minimum atomic E-state index is -1.72. The number of rotatable bonds is 8. The Morgan fingerprint density at radius 3 is 2.45 bits per heavy atom. The van der Waals surface area contributed by atoms with Gasteiger partial charge in [0.25, 0.3) is 0 Å². The van der Waals surface area contributed by atoms with E-state index in [2.05, 4.69) is 0 Å². The van der Waals surface area contributed by atoms with Crippen molar-refractivity contribution < 1.29 is 33.3 Å². The molecule has 0 N–H and O–H groups in total. The van der Waals surface area contributed by atoms with Gasteiger partial charge < -0.3 is 18.9 Å². The minimum absolute atomic E-state index is 0.00231. The predicted molar refractivity (Wildman–Crippen MR) is 118 cm³/mol. The van der Waals surface area contributed by atoms with Gasteiger partial charge in [0.05, 0.1) is 25.7 Å². The lowest BCUT2D eigenvalue weighted by atomic mass is 9.62. The lowest BCUT2D eigenvalue weighted by molar-refractivity contribution is -0.172. The Morgan fingerprint density at radius 2 is 1.73 bits per heavy atom. The highest BCUT2D eigenvalue weighted by atomic mass is 16.7. The molecule has 0 radical (unpaired) electrons. The highest BCUT2D eigenvalue weighted by Crippen LogP contribution is 2.46. The molecule has 7 nitrogen and oxygen atoms in total. The Morgan fingerprint density at radius 1 is 1.03 bits per heavy atom. The molecule has 1 saturated heterocycles. The van der Waals surface area contributed by atoms with Crippen molar-refractivity contribution >= 4 is 17.7 Å². The van der Waals surface area contributed by atoms with E-state index in [0.717, 1.165) is 11.1 Å². The van der Waals surface area contributed by atoms with Gasteiger partial charge >= 0.3 is 11.9 Å². The van der Waals surface area contributed by atoms with Gasteiger partial charge in [-0.15, -0.1) is 0 Å². The minimum Gasteiger partial charge on any atom is -0.466 e. The molecule has 0 bridgehead atoms. The third kappa shape index (κ3) is 4.70. The van der Waals surface area contributed by atoms with E-state index in [9.17, 15) is 14.4 Å². The fourth-order valence-corrected chi connectivity index (χ4v) is 4.64. The molecule has 174 valence electrons. The van der Waals surface area contributed by atoms with E-state index in [1.165, 1.54) is 0 Å². The van der Waals surface area contributed by atoms with Crippen LogP contribution in [0.5, 0.6) is 0 Å². The number of carbonyl (C=O) groups excluding carboxylic acids is 3. The zero-order chi connectivity index (χ0) is 23.3. The molecular formula is C26H28O7. The smallest absolute Gasteiger partial charge is 0.321 e. The number of ether oxygens (including phenoxy) is 4. The third-order valence-corrected chi connectivity index (χ3v) is 6.32. The molecule has 7 heteroatoms. The topological polar surface area (TPSA) is 88.1 Å². The summed E-state index contributed by atoms with van der Waals surface area (Å²) in [7, 11) is 0. The van der Waals surface area contributed by atoms with Crippen LogP contribution in [0, 0.1) is 11.3 Å². The van der Waals surface area contributed by atoms with E-state index in [0.29, 0.717) is 25.2 Å². The number of hydrogen-bond acceptors (Lipinski definition) is 7. The Labute approximate surface area is 193 Å². The highest BCUT2D eigenvalue weighted by Gasteiger charge is 2.59. The first-order chi connectivity index (χ1) is 16.1. The van der Waals surface area contributed by atoms with E-state index >= 15 is 0 Å². The molecular weight excluding hydrogens is 424 g/mol. The van der Waals surface area contributed by atoms with Gasteiger partial charge in [-0.05, 0) is 30.9 Å². The van der Waals surface area contributed by atoms with Crippen LogP contribution in [0.3, 0.4) is 0 Å². The van der Waals surface area contributed by atoms with Gasteiger partial charge in [0.15, 0.2) is 12.1 Å². The van der Waals surface area contributed by atoms with Gasteiger partial charge in [-0.3, -0.25) is 14.4 Å². The van der Waals surface area contributed by atoms with Crippen molar-refractivity contribution in [3.05, 3.63) is 71.3 Å². The molecule has 0 amide bonds. The van der Waals surface area contributed by atoms with Crippen molar-refractivity contribution in [3.63, 3.8) is 0 Å². The van der Waals surface area contributed by atoms with Crippen molar-refractivity contribution in [3.8, 4) is 0 Å². The molecule has 2 unspecified atom stereocenters. The average molecular weight is 453 g/mol. The number of carbonyl (C=O) groups is 3. The molecule has 2 atom stereocenters. The maximum Gasteiger partial charge on any atom is 0.321 e. The van der Waals surface area contributed by atoms with Crippen molar-refractivity contribution in [2.24, 2.45) is 11.3 Å². The summed E-state index contributed by atoms with van der Waals surface area (Å²) < 4.78 is 22.1. The summed E-state index contributed by atoms with van der Waals surface area (Å²) in [5.41, 5.74) is 0.359. The van der Waals surface area contributed by atoms with E-state index < -0.39 is 35.3 Å². The molecule has 1 aliphatic carbocycles. The molecule has 0 saturated carbocycles. The van der Waals surface area contributed by atoms with Crippen molar-refractivity contribution in [2.75, 3.05) is 19.8 Å². The summed E-state index contributed by atoms with van der Waals surface area (Å²) in [4.78, 5) is 40.8. The highest BCUT2D eigenvalue weighted by molar-refractivity contribution is 6.16. The first kappa shape index (κ1) is 23.1. The number of fused-ring (bicyclic) bond motifs is 1. The maximum absolute atomic E-state index is 13.9. The van der Waals surface area contributed by atoms with Gasteiger partial charge in [-0.25, -0.2) is 0 Å². The molecule has 2 aromatic rings. The van der Waals surface area contributed by atoms with Gasteiger partial charge in [-0.2, -0.15) is 0 Å². The van der Waals surface area contributed by atoms with Crippen molar-refractivity contribution in [1.82, 2.24) is 0 Å². The van der Waals surface area contributed by atoms with Crippen LogP contribution in [-0.4, -0.2) is 43.8 Å². The Hall–Kier alpha value is -3.03. The second kappa shape index (κ2) is 10.3. The fraction of sp³-hybridized carbons (Fsp3) is 0.423. The number of Topliss-reactive ketones (excluding diaryl/α,β-unsaturated/α-hetero) is 1. The van der Waals surface area contributed by atoms with Crippen LogP contribution >= 0.6 is 0 Å². The predicted octanol–water partition coefficient (Wildman–Crippen LogP) is 3.49. The Kier molecular flexibility index (Phi) is 7.20. The number of hydrogen-bond donors (Lipinski definition) is 0. The molecule has 4 rings (SSSR count). The molecule has 33 heavy (non-hydrogen) atoms. The largest absolute Gasteiger partial charge is 0.466 e. The lowest BCUT2D eigenvalue weighted by Crippen LogP contribution is -2.53. The number of benzene rings is 2. The first-order valence-corrected chi connectivity index (χ1v) is 11.3. The molecule has 2 aromatic carbocycles. The fourth-order valence-electron chi connectivity index (χ4n) is 4.64. The van der Waals surface area contributed by atoms with Crippen LogP contribution in [-0.2, 0) is 41.6 Å². The molecule has 1 aliphatic heterocycles. The van der Waals surface area contributed by atoms with E-state index in [1.807, 2.05) is 42.5 Å². The summed E-state index contributed by atoms with van der Waals surface area (Å²) in [6.45, 7) is 2.60. The van der Waals surface area contributed by atoms with E-state index in [4.69, 9.17) is 18.9 Å². The number of aryl methyl sites for hydroxylation is 1. The average Bonchev–Trinajstić information content (AvgIpc) is 3.36. The molecule has 0 spiro atoms. The van der Waals surface area contributed by atoms with Crippen LogP contribution in [0.25, 0.3) is 0 Å². The van der Waals surface area contributed by atoms with E-state index in [1.54, 1.807) is 19.1 Å². The quantitative estimate of drug-likeness (QED) is 0.447. The van der Waals surface area contributed by atoms with Gasteiger partial charge in [0, 0.05) is 12.0 Å². The van der Waals surface area contributed by atoms with Gasteiger partial charge in [0.1, 0.15) is 12.0 Å². The molecule has 2 aliphatic rings. The SMILES string of the molecule is CCOC(=O)C(CC1OCCO1)C1(C(=O)OCc2ccccc2)CCc2ccccc2C1=O. The van der Waals surface area contributed by atoms with Crippen LogP contribution in [0.15, 0.2) is 54.6 Å². The summed E-state index contributed by atoms with van der Waals surface area (Å²) in [5, 5.41) is 0. The maximum atomic E-state index is 13.9. The normalized spacial score (nSPS) is 21.3. The number of esters is 2. The van der Waals surface area contributed by atoms with Crippen LogP contribution in [0.1, 0.15) is 41.3 Å². The Bertz CT molecular complexity index is 997. The second-order valence-corrected chi connectivity index (χ2v) is 8.23. The molecule has 0 aromatic heterocycles. The van der Waals surface area contributed by atoms with Crippen molar-refractivity contribution in [2.45, 2.75) is 39.1 Å². The van der Waals surface area contributed by atoms with Crippen LogP contribution in [0.2, 0.25) is 0 Å². The second-order valence-electron chi connectivity index (χ2n) is 8.23. The zero-order valence-electron chi connectivity index (χ0n) is 18.7. The third-order valence-electron chi connectivity index (χ3n) is 6.32. The summed E-state index contributed by atoms with van der Waals surface area (Å²) in [5.74, 6) is -2.86. The van der Waals surface area contributed by atoms with Crippen LogP contribution < -0.4 is 0 Å². The summed E-state index contributed by atoms with van der Waals surface area (Å²) in [6.07, 6.45) is -0.0482. The molecule has 1 fully saturated rings. The van der Waals surface area contributed by atoms with Gasteiger partial charge in [0.2, 0.25) is 0 Å². The monoisotopic (exact) mass is 452 g/mol. The van der Waals surface area contributed by atoms with E-state index in [-0.39, 0.29) is 26.1 Å². The van der Waals surface area contributed by atoms with Crippen molar-refractivity contribution in [1.29, 1.82) is 0 Å². The standard InChI is InChI=1S/C26H28O7/c1-2-30-24(28)21(16-22-31-14-15-32-22)26(25(29)33-17-18-8-4-3-5-9-18)13-12-19-10-6-7-11-20(19)23(26)27/h3-11,21-22H,2,12-17H2,1H3. The molecule has 1 heterocycles.